The second-order valence-electron chi connectivity index (χ2n) is 5.55. The van der Waals surface area contributed by atoms with Crippen LogP contribution in [0.4, 0.5) is 18.9 Å². The molecule has 1 aliphatic rings. The fraction of sp³-hybridized carbons (Fsp3) is 0.250. The molecule has 2 heterocycles. The average molecular weight is 357 g/mol. The lowest BCUT2D eigenvalue weighted by Crippen LogP contribution is -2.50. The number of rotatable bonds is 3. The Morgan fingerprint density at radius 2 is 1.96 bits per heavy atom. The minimum atomic E-state index is -4.51. The van der Waals surface area contributed by atoms with Crippen LogP contribution in [0.2, 0.25) is 5.15 Å². The van der Waals surface area contributed by atoms with Crippen molar-refractivity contribution in [3.63, 3.8) is 0 Å². The quantitative estimate of drug-likeness (QED) is 0.846. The number of alkyl halides is 3. The van der Waals surface area contributed by atoms with E-state index in [9.17, 15) is 18.0 Å². The number of aromatic nitrogens is 1. The van der Waals surface area contributed by atoms with Crippen LogP contribution in [-0.4, -0.2) is 29.1 Å². The highest BCUT2D eigenvalue weighted by molar-refractivity contribution is 6.29. The average Bonchev–Trinajstić information content (AvgIpc) is 2.44. The zero-order chi connectivity index (χ0) is 17.5. The SMILES string of the molecule is O=C(O)C1CN(c2cccc(-c3cc(C(F)(F)F)cc(Cl)n3)c2)C1. The van der Waals surface area contributed by atoms with Gasteiger partial charge in [-0.15, -0.1) is 0 Å². The molecule has 0 saturated carbocycles. The summed E-state index contributed by atoms with van der Waals surface area (Å²) in [7, 11) is 0. The maximum Gasteiger partial charge on any atom is 0.416 e. The zero-order valence-corrected chi connectivity index (χ0v) is 13.0. The van der Waals surface area contributed by atoms with E-state index >= 15 is 0 Å². The lowest BCUT2D eigenvalue weighted by atomic mass is 9.98. The molecule has 0 radical (unpaired) electrons. The number of nitrogens with zero attached hydrogens (tertiary/aromatic N) is 2. The van der Waals surface area contributed by atoms with Crippen molar-refractivity contribution >= 4 is 23.3 Å². The molecule has 0 spiro atoms. The molecule has 0 unspecified atom stereocenters. The number of pyridine rings is 1. The zero-order valence-electron chi connectivity index (χ0n) is 12.2. The highest BCUT2D eigenvalue weighted by atomic mass is 35.5. The number of hydrogen-bond acceptors (Lipinski definition) is 3. The van der Waals surface area contributed by atoms with Crippen LogP contribution in [-0.2, 0) is 11.0 Å². The molecule has 1 aromatic carbocycles. The van der Waals surface area contributed by atoms with Gasteiger partial charge < -0.3 is 10.0 Å². The third-order valence-corrected chi connectivity index (χ3v) is 4.05. The largest absolute Gasteiger partial charge is 0.481 e. The summed E-state index contributed by atoms with van der Waals surface area (Å²) in [6.45, 7) is 0.741. The predicted molar refractivity (Wildman–Crippen MR) is 83.0 cm³/mol. The van der Waals surface area contributed by atoms with Gasteiger partial charge in [-0.25, -0.2) is 4.98 Å². The fourth-order valence-electron chi connectivity index (χ4n) is 2.52. The normalized spacial score (nSPS) is 15.2. The van der Waals surface area contributed by atoms with Gasteiger partial charge in [-0.1, -0.05) is 23.7 Å². The van der Waals surface area contributed by atoms with E-state index in [1.807, 2.05) is 4.90 Å². The molecule has 1 aliphatic heterocycles. The van der Waals surface area contributed by atoms with Gasteiger partial charge >= 0.3 is 12.1 Å². The highest BCUT2D eigenvalue weighted by Gasteiger charge is 2.33. The van der Waals surface area contributed by atoms with E-state index < -0.39 is 23.6 Å². The summed E-state index contributed by atoms with van der Waals surface area (Å²) in [6, 6.07) is 8.50. The molecule has 24 heavy (non-hydrogen) atoms. The molecule has 2 aromatic rings. The summed E-state index contributed by atoms with van der Waals surface area (Å²) in [4.78, 5) is 16.7. The number of carboxylic acid groups (broad SMARTS) is 1. The number of carboxylic acids is 1. The molecule has 4 nitrogen and oxygen atoms in total. The van der Waals surface area contributed by atoms with Crippen LogP contribution in [0.15, 0.2) is 36.4 Å². The molecule has 0 atom stereocenters. The van der Waals surface area contributed by atoms with Gasteiger partial charge in [-0.05, 0) is 24.3 Å². The Bertz CT molecular complexity index is 789. The molecule has 0 amide bonds. The molecule has 1 N–H and O–H groups in total. The van der Waals surface area contributed by atoms with Crippen LogP contribution in [0, 0.1) is 5.92 Å². The Morgan fingerprint density at radius 1 is 1.25 bits per heavy atom. The lowest BCUT2D eigenvalue weighted by molar-refractivity contribution is -0.142. The number of hydrogen-bond donors (Lipinski definition) is 1. The van der Waals surface area contributed by atoms with E-state index in [1.165, 1.54) is 0 Å². The van der Waals surface area contributed by atoms with Crippen molar-refractivity contribution in [3.05, 3.63) is 47.1 Å². The van der Waals surface area contributed by atoms with E-state index in [2.05, 4.69) is 4.98 Å². The fourth-order valence-corrected chi connectivity index (χ4v) is 2.72. The maximum absolute atomic E-state index is 12.9. The van der Waals surface area contributed by atoms with E-state index in [-0.39, 0.29) is 10.8 Å². The molecule has 0 aliphatic carbocycles. The van der Waals surface area contributed by atoms with E-state index in [1.54, 1.807) is 24.3 Å². The van der Waals surface area contributed by atoms with Crippen LogP contribution in [0.3, 0.4) is 0 Å². The van der Waals surface area contributed by atoms with Crippen molar-refractivity contribution in [2.75, 3.05) is 18.0 Å². The van der Waals surface area contributed by atoms with E-state index in [4.69, 9.17) is 16.7 Å². The molecule has 3 rings (SSSR count). The topological polar surface area (TPSA) is 53.4 Å². The van der Waals surface area contributed by atoms with Crippen LogP contribution < -0.4 is 4.90 Å². The number of aliphatic carboxylic acids is 1. The van der Waals surface area contributed by atoms with Gasteiger partial charge in [0.25, 0.3) is 0 Å². The first-order valence-corrected chi connectivity index (χ1v) is 7.45. The van der Waals surface area contributed by atoms with Crippen molar-refractivity contribution in [2.24, 2.45) is 5.92 Å². The number of carbonyl (C=O) groups is 1. The minimum Gasteiger partial charge on any atom is -0.481 e. The molecule has 1 fully saturated rings. The van der Waals surface area contributed by atoms with Gasteiger partial charge in [-0.3, -0.25) is 4.79 Å². The number of anilines is 1. The highest BCUT2D eigenvalue weighted by Crippen LogP contribution is 2.34. The Labute approximate surface area is 140 Å². The first-order chi connectivity index (χ1) is 11.2. The van der Waals surface area contributed by atoms with E-state index in [0.717, 1.165) is 17.8 Å². The van der Waals surface area contributed by atoms with Gasteiger partial charge in [0.2, 0.25) is 0 Å². The van der Waals surface area contributed by atoms with E-state index in [0.29, 0.717) is 18.7 Å². The van der Waals surface area contributed by atoms with Gasteiger partial charge in [0.15, 0.2) is 0 Å². The Hall–Kier alpha value is -2.28. The van der Waals surface area contributed by atoms with Crippen LogP contribution >= 0.6 is 11.6 Å². The molecule has 1 saturated heterocycles. The Morgan fingerprint density at radius 3 is 2.58 bits per heavy atom. The number of halogens is 4. The lowest BCUT2D eigenvalue weighted by Gasteiger charge is -2.38. The summed E-state index contributed by atoms with van der Waals surface area (Å²) < 4.78 is 38.7. The van der Waals surface area contributed by atoms with Crippen molar-refractivity contribution in [1.82, 2.24) is 4.98 Å². The first-order valence-electron chi connectivity index (χ1n) is 7.07. The molecule has 126 valence electrons. The third-order valence-electron chi connectivity index (χ3n) is 3.86. The second kappa shape index (κ2) is 5.98. The molecular weight excluding hydrogens is 345 g/mol. The second-order valence-corrected chi connectivity index (χ2v) is 5.94. The van der Waals surface area contributed by atoms with Gasteiger partial charge in [0, 0.05) is 24.3 Å². The molecule has 8 heteroatoms. The number of benzene rings is 1. The first kappa shape index (κ1) is 16.6. The van der Waals surface area contributed by atoms with Crippen LogP contribution in [0.5, 0.6) is 0 Å². The molecule has 0 bridgehead atoms. The third kappa shape index (κ3) is 3.31. The van der Waals surface area contributed by atoms with Gasteiger partial charge in [-0.2, -0.15) is 13.2 Å². The van der Waals surface area contributed by atoms with Crippen molar-refractivity contribution in [1.29, 1.82) is 0 Å². The Balaban J connectivity index is 1.90. The molecular formula is C16H12ClF3N2O2. The van der Waals surface area contributed by atoms with Crippen molar-refractivity contribution in [3.8, 4) is 11.3 Å². The van der Waals surface area contributed by atoms with Crippen LogP contribution in [0.1, 0.15) is 5.56 Å². The summed E-state index contributed by atoms with van der Waals surface area (Å²) in [6.07, 6.45) is -4.51. The Kier molecular flexibility index (Phi) is 4.13. The maximum atomic E-state index is 12.9. The summed E-state index contributed by atoms with van der Waals surface area (Å²) in [5.74, 6) is -1.27. The predicted octanol–water partition coefficient (Wildman–Crippen LogP) is 3.94. The smallest absolute Gasteiger partial charge is 0.416 e. The molecule has 1 aromatic heterocycles. The van der Waals surface area contributed by atoms with Gasteiger partial charge in [0.05, 0.1) is 17.2 Å². The monoisotopic (exact) mass is 356 g/mol. The standard InChI is InChI=1S/C16H12ClF3N2O2/c17-14-6-11(16(18,19)20)5-13(21-14)9-2-1-3-12(4-9)22-7-10(8-22)15(23)24/h1-6,10H,7-8H2,(H,23,24). The van der Waals surface area contributed by atoms with Crippen LogP contribution in [0.25, 0.3) is 11.3 Å². The minimum absolute atomic E-state index is 0.118. The summed E-state index contributed by atoms with van der Waals surface area (Å²) >= 11 is 5.71. The van der Waals surface area contributed by atoms with Gasteiger partial charge in [0.1, 0.15) is 5.15 Å². The summed E-state index contributed by atoms with van der Waals surface area (Å²) in [5.41, 5.74) is 0.476. The summed E-state index contributed by atoms with van der Waals surface area (Å²) in [5, 5.41) is 8.67. The van der Waals surface area contributed by atoms with Crippen molar-refractivity contribution in [2.45, 2.75) is 6.18 Å². The van der Waals surface area contributed by atoms with Crippen molar-refractivity contribution < 1.29 is 23.1 Å².